The number of hydrogen-bond donors (Lipinski definition) is 1. The van der Waals surface area contributed by atoms with Gasteiger partial charge in [0.2, 0.25) is 0 Å². The Hall–Kier alpha value is -0.650. The second-order valence-corrected chi connectivity index (χ2v) is 5.50. The maximum absolute atomic E-state index is 5.12. The van der Waals surface area contributed by atoms with Crippen LogP contribution in [0, 0.1) is 6.92 Å². The van der Waals surface area contributed by atoms with Crippen LogP contribution in [0.25, 0.3) is 0 Å². The highest BCUT2D eigenvalue weighted by atomic mass is 79.9. The average Bonchev–Trinajstić information content (AvgIpc) is 2.70. The molecule has 1 N–H and O–H groups in total. The Kier molecular flexibility index (Phi) is 4.36. The molecule has 0 spiro atoms. The molecule has 1 heterocycles. The van der Waals surface area contributed by atoms with Crippen molar-refractivity contribution in [1.82, 2.24) is 10.5 Å². The molecule has 0 unspecified atom stereocenters. The van der Waals surface area contributed by atoms with Crippen LogP contribution in [0.3, 0.4) is 0 Å². The minimum Gasteiger partial charge on any atom is -0.360 e. The molecular weight excluding hydrogens is 348 g/mol. The van der Waals surface area contributed by atoms with Crippen LogP contribution in [-0.2, 0) is 13.1 Å². The molecule has 0 bridgehead atoms. The minimum atomic E-state index is 0.689. The summed E-state index contributed by atoms with van der Waals surface area (Å²) in [5.41, 5.74) is 2.13. The quantitative estimate of drug-likeness (QED) is 0.902. The van der Waals surface area contributed by atoms with Crippen LogP contribution in [0.2, 0.25) is 0 Å². The second kappa shape index (κ2) is 5.80. The largest absolute Gasteiger partial charge is 0.360 e. The molecule has 0 amide bonds. The van der Waals surface area contributed by atoms with Gasteiger partial charge in [-0.3, -0.25) is 0 Å². The zero-order valence-corrected chi connectivity index (χ0v) is 12.5. The normalized spacial score (nSPS) is 10.8. The molecule has 0 saturated heterocycles. The molecule has 0 fully saturated rings. The maximum Gasteiger partial charge on any atom is 0.150 e. The summed E-state index contributed by atoms with van der Waals surface area (Å²) in [5, 5.41) is 7.15. The summed E-state index contributed by atoms with van der Waals surface area (Å²) in [4.78, 5) is 0. The number of nitrogens with zero attached hydrogens (tertiary/aromatic N) is 1. The lowest BCUT2D eigenvalue weighted by Crippen LogP contribution is -2.12. The Balaban J connectivity index is 1.87. The van der Waals surface area contributed by atoms with Crippen LogP contribution in [-0.4, -0.2) is 5.16 Å². The van der Waals surface area contributed by atoms with Gasteiger partial charge in [-0.1, -0.05) is 11.2 Å². The number of hydrogen-bond acceptors (Lipinski definition) is 3. The van der Waals surface area contributed by atoms with Crippen molar-refractivity contribution in [2.24, 2.45) is 0 Å². The van der Waals surface area contributed by atoms with E-state index in [2.05, 4.69) is 54.5 Å². The predicted molar refractivity (Wildman–Crippen MR) is 73.6 cm³/mol. The van der Waals surface area contributed by atoms with Gasteiger partial charge in [-0.15, -0.1) is 0 Å². The molecule has 2 aromatic rings. The van der Waals surface area contributed by atoms with E-state index in [0.717, 1.165) is 26.9 Å². The van der Waals surface area contributed by atoms with Gasteiger partial charge in [-0.2, -0.15) is 0 Å². The smallest absolute Gasteiger partial charge is 0.150 e. The van der Waals surface area contributed by atoms with Crippen LogP contribution >= 0.6 is 31.9 Å². The van der Waals surface area contributed by atoms with Gasteiger partial charge in [-0.05, 0) is 56.5 Å². The first-order valence-electron chi connectivity index (χ1n) is 5.22. The lowest BCUT2D eigenvalue weighted by atomic mass is 10.2. The molecular formula is C12H12Br2N2O. The van der Waals surface area contributed by atoms with E-state index in [9.17, 15) is 0 Å². The van der Waals surface area contributed by atoms with Crippen molar-refractivity contribution in [3.8, 4) is 0 Å². The highest BCUT2D eigenvalue weighted by molar-refractivity contribution is 9.13. The first-order chi connectivity index (χ1) is 8.15. The summed E-state index contributed by atoms with van der Waals surface area (Å²) < 4.78 is 7.24. The molecule has 0 aliphatic carbocycles. The van der Waals surface area contributed by atoms with Crippen molar-refractivity contribution in [1.29, 1.82) is 0 Å². The van der Waals surface area contributed by atoms with E-state index >= 15 is 0 Å². The SMILES string of the molecule is Cc1cc(CNCc2ccc(Br)c(Br)c2)on1. The standard InChI is InChI=1S/C12H12Br2N2O/c1-8-4-10(17-16-8)7-15-6-9-2-3-11(13)12(14)5-9/h2-5,15H,6-7H2,1H3. The average molecular weight is 360 g/mol. The zero-order valence-electron chi connectivity index (χ0n) is 9.34. The van der Waals surface area contributed by atoms with Crippen molar-refractivity contribution in [2.45, 2.75) is 20.0 Å². The molecule has 3 nitrogen and oxygen atoms in total. The van der Waals surface area contributed by atoms with Crippen molar-refractivity contribution in [3.63, 3.8) is 0 Å². The summed E-state index contributed by atoms with van der Waals surface area (Å²) >= 11 is 6.93. The molecule has 0 aliphatic heterocycles. The Morgan fingerprint density at radius 2 is 2.00 bits per heavy atom. The van der Waals surface area contributed by atoms with Crippen LogP contribution in [0.4, 0.5) is 0 Å². The Bertz CT molecular complexity index is 511. The fourth-order valence-corrected chi connectivity index (χ4v) is 2.15. The molecule has 1 aromatic heterocycles. The van der Waals surface area contributed by atoms with Crippen molar-refractivity contribution in [2.75, 3.05) is 0 Å². The van der Waals surface area contributed by atoms with E-state index in [1.165, 1.54) is 5.56 Å². The molecule has 5 heteroatoms. The Morgan fingerprint density at radius 3 is 2.65 bits per heavy atom. The highest BCUT2D eigenvalue weighted by Gasteiger charge is 2.01. The van der Waals surface area contributed by atoms with E-state index in [0.29, 0.717) is 6.54 Å². The summed E-state index contributed by atoms with van der Waals surface area (Å²) in [7, 11) is 0. The van der Waals surface area contributed by atoms with Gasteiger partial charge in [0.05, 0.1) is 12.2 Å². The lowest BCUT2D eigenvalue weighted by Gasteiger charge is -2.04. The zero-order chi connectivity index (χ0) is 12.3. The van der Waals surface area contributed by atoms with E-state index in [4.69, 9.17) is 4.52 Å². The highest BCUT2D eigenvalue weighted by Crippen LogP contribution is 2.23. The molecule has 0 saturated carbocycles. The van der Waals surface area contributed by atoms with Gasteiger partial charge >= 0.3 is 0 Å². The number of aryl methyl sites for hydroxylation is 1. The van der Waals surface area contributed by atoms with Crippen LogP contribution in [0.5, 0.6) is 0 Å². The number of benzene rings is 1. The summed E-state index contributed by atoms with van der Waals surface area (Å²) in [5.74, 6) is 0.860. The van der Waals surface area contributed by atoms with Gasteiger partial charge in [0.25, 0.3) is 0 Å². The van der Waals surface area contributed by atoms with E-state index in [-0.39, 0.29) is 0 Å². The maximum atomic E-state index is 5.12. The van der Waals surface area contributed by atoms with E-state index in [1.807, 2.05) is 19.1 Å². The topological polar surface area (TPSA) is 38.1 Å². The first-order valence-corrected chi connectivity index (χ1v) is 6.80. The lowest BCUT2D eigenvalue weighted by molar-refractivity contribution is 0.369. The number of aromatic nitrogens is 1. The van der Waals surface area contributed by atoms with Gasteiger partial charge in [0.1, 0.15) is 0 Å². The molecule has 2 rings (SSSR count). The second-order valence-electron chi connectivity index (χ2n) is 3.79. The third-order valence-corrected chi connectivity index (χ3v) is 4.17. The summed E-state index contributed by atoms with van der Waals surface area (Å²) in [6.07, 6.45) is 0. The van der Waals surface area contributed by atoms with Crippen molar-refractivity contribution in [3.05, 3.63) is 50.2 Å². The third kappa shape index (κ3) is 3.66. The van der Waals surface area contributed by atoms with Gasteiger partial charge < -0.3 is 9.84 Å². The van der Waals surface area contributed by atoms with Crippen molar-refractivity contribution >= 4 is 31.9 Å². The Labute approximate surface area is 117 Å². The van der Waals surface area contributed by atoms with E-state index in [1.54, 1.807) is 0 Å². The van der Waals surface area contributed by atoms with Gasteiger partial charge in [0.15, 0.2) is 5.76 Å². The van der Waals surface area contributed by atoms with Crippen LogP contribution in [0.15, 0.2) is 37.7 Å². The van der Waals surface area contributed by atoms with E-state index < -0.39 is 0 Å². The molecule has 17 heavy (non-hydrogen) atoms. The van der Waals surface area contributed by atoms with Crippen molar-refractivity contribution < 1.29 is 4.52 Å². The Morgan fingerprint density at radius 1 is 1.18 bits per heavy atom. The van der Waals surface area contributed by atoms with Crippen LogP contribution < -0.4 is 5.32 Å². The molecule has 90 valence electrons. The molecule has 0 radical (unpaired) electrons. The number of nitrogens with one attached hydrogen (secondary N) is 1. The first kappa shape index (κ1) is 12.8. The summed E-state index contributed by atoms with van der Waals surface area (Å²) in [6, 6.07) is 8.13. The molecule has 1 aromatic carbocycles. The fraction of sp³-hybridized carbons (Fsp3) is 0.250. The van der Waals surface area contributed by atoms with Gasteiger partial charge in [-0.25, -0.2) is 0 Å². The molecule has 0 atom stereocenters. The minimum absolute atomic E-state index is 0.689. The van der Waals surface area contributed by atoms with Gasteiger partial charge in [0, 0.05) is 21.6 Å². The monoisotopic (exact) mass is 358 g/mol. The van der Waals surface area contributed by atoms with Crippen LogP contribution in [0.1, 0.15) is 17.0 Å². The third-order valence-electron chi connectivity index (χ3n) is 2.29. The number of rotatable bonds is 4. The predicted octanol–water partition coefficient (Wildman–Crippen LogP) is 3.80. The fourth-order valence-electron chi connectivity index (χ4n) is 1.48. The number of halogens is 2. The molecule has 0 aliphatic rings. The summed E-state index contributed by atoms with van der Waals surface area (Å²) in [6.45, 7) is 3.40.